The number of aliphatic hydroxyl groups is 1. The number of ether oxygens (including phenoxy) is 1. The Morgan fingerprint density at radius 3 is 2.90 bits per heavy atom. The molecule has 0 saturated carbocycles. The molecule has 0 radical (unpaired) electrons. The Bertz CT molecular complexity index is 584. The summed E-state index contributed by atoms with van der Waals surface area (Å²) in [5.74, 6) is -0.637. The highest BCUT2D eigenvalue weighted by Gasteiger charge is 2.59. The third kappa shape index (κ3) is 2.45. The molecule has 110 valence electrons. The van der Waals surface area contributed by atoms with Gasteiger partial charge in [0.15, 0.2) is 18.4 Å². The number of hydrogen-bond acceptors (Lipinski definition) is 9. The maximum atomic E-state index is 11.7. The maximum absolute atomic E-state index is 11.7. The van der Waals surface area contributed by atoms with Gasteiger partial charge in [-0.25, -0.2) is 18.8 Å². The van der Waals surface area contributed by atoms with Crippen molar-refractivity contribution in [1.82, 2.24) is 9.55 Å². The standard InChI is InChI=1S/C9H11N2O6PS2/c12-3-4-6-7(17-18(19,20)16-6)8(15-4)11-2-1-5(13)10-9(11)14/h1-2,4,6-8,12H,3H2,(H,19,20)(H,10,13,14)/p-1/t4-,6-,7-,8-/m1/s1. The summed E-state index contributed by atoms with van der Waals surface area (Å²) >= 11 is 9.18. The number of thiol groups is 1. The molecule has 2 fully saturated rings. The highest BCUT2D eigenvalue weighted by molar-refractivity contribution is 8.76. The fraction of sp³-hybridized carbons (Fsp3) is 0.556. The minimum atomic E-state index is -2.71. The number of aromatic nitrogens is 2. The van der Waals surface area contributed by atoms with Crippen molar-refractivity contribution >= 4 is 30.6 Å². The van der Waals surface area contributed by atoms with Crippen molar-refractivity contribution in [2.24, 2.45) is 0 Å². The van der Waals surface area contributed by atoms with Gasteiger partial charge in [0.25, 0.3) is 0 Å². The smallest absolute Gasteiger partial charge is 0.349 e. The summed E-state index contributed by atoms with van der Waals surface area (Å²) in [6.45, 7) is -0.314. The molecule has 20 heavy (non-hydrogen) atoms. The average molecular weight is 337 g/mol. The predicted molar refractivity (Wildman–Crippen MR) is 72.0 cm³/mol. The molecule has 1 aromatic heterocycles. The molecule has 2 aliphatic heterocycles. The van der Waals surface area contributed by atoms with Crippen molar-refractivity contribution in [3.05, 3.63) is 22.7 Å². The first-order chi connectivity index (χ1) is 9.41. The maximum Gasteiger partial charge on any atom is 0.349 e. The van der Waals surface area contributed by atoms with Crippen molar-refractivity contribution in [1.29, 1.82) is 0 Å². The lowest BCUT2D eigenvalue weighted by Crippen LogP contribution is -2.34. The minimum absolute atomic E-state index is 0.314. The van der Waals surface area contributed by atoms with Gasteiger partial charge in [-0.1, -0.05) is 0 Å². The van der Waals surface area contributed by atoms with E-state index in [0.717, 1.165) is 10.6 Å². The van der Waals surface area contributed by atoms with E-state index in [0.29, 0.717) is 0 Å². The molecule has 2 aliphatic rings. The number of aliphatic hydroxyl groups excluding tert-OH is 1. The molecular weight excluding hydrogens is 327 g/mol. The van der Waals surface area contributed by atoms with Crippen LogP contribution in [0.2, 0.25) is 0 Å². The zero-order valence-electron chi connectivity index (χ0n) is 9.86. The van der Waals surface area contributed by atoms with E-state index in [-0.39, 0.29) is 6.61 Å². The van der Waals surface area contributed by atoms with E-state index in [9.17, 15) is 15.0 Å². The second kappa shape index (κ2) is 5.13. The van der Waals surface area contributed by atoms with Crippen LogP contribution >= 0.6 is 18.4 Å². The quantitative estimate of drug-likeness (QED) is 0.408. The van der Waals surface area contributed by atoms with Gasteiger partial charge in [0.05, 0.1) is 6.61 Å². The van der Waals surface area contributed by atoms with Crippen LogP contribution in [-0.4, -0.2) is 39.6 Å². The Morgan fingerprint density at radius 1 is 1.55 bits per heavy atom. The summed E-state index contributed by atoms with van der Waals surface area (Å²) in [4.78, 5) is 15.0. The Balaban J connectivity index is 1.96. The molecule has 0 bridgehead atoms. The van der Waals surface area contributed by atoms with Gasteiger partial charge in [0.2, 0.25) is 6.12 Å². The van der Waals surface area contributed by atoms with Gasteiger partial charge in [-0.2, -0.15) is 0 Å². The van der Waals surface area contributed by atoms with Gasteiger partial charge >= 0.3 is 5.69 Å². The normalized spacial score (nSPS) is 40.0. The molecule has 0 amide bonds. The number of hydrogen-bond donors (Lipinski definition) is 2. The summed E-state index contributed by atoms with van der Waals surface area (Å²) in [7, 11) is 0. The van der Waals surface area contributed by atoms with E-state index in [4.69, 9.17) is 26.0 Å². The van der Waals surface area contributed by atoms with Crippen LogP contribution in [0.4, 0.5) is 0 Å². The zero-order chi connectivity index (χ0) is 14.5. The van der Waals surface area contributed by atoms with Crippen LogP contribution in [0.25, 0.3) is 0 Å². The second-order valence-corrected chi connectivity index (χ2v) is 9.50. The van der Waals surface area contributed by atoms with Crippen molar-refractivity contribution in [3.8, 4) is 5.88 Å². The van der Waals surface area contributed by atoms with Gasteiger partial charge in [-0.05, 0) is 11.9 Å². The summed E-state index contributed by atoms with van der Waals surface area (Å²) in [5, 5.41) is 20.3. The molecule has 0 aliphatic carbocycles. The third-order valence-electron chi connectivity index (χ3n) is 3.05. The average Bonchev–Trinajstić information content (AvgIpc) is 2.83. The first kappa shape index (κ1) is 14.6. The highest BCUT2D eigenvalue weighted by Crippen LogP contribution is 2.72. The summed E-state index contributed by atoms with van der Waals surface area (Å²) in [6, 6.07) is 1.14. The molecule has 0 spiro atoms. The number of rotatable bonds is 2. The van der Waals surface area contributed by atoms with Crippen molar-refractivity contribution in [2.75, 3.05) is 6.61 Å². The summed E-state index contributed by atoms with van der Waals surface area (Å²) < 4.78 is 17.7. The van der Waals surface area contributed by atoms with Crippen molar-refractivity contribution in [3.63, 3.8) is 0 Å². The van der Waals surface area contributed by atoms with Crippen LogP contribution in [0.15, 0.2) is 17.1 Å². The summed E-state index contributed by atoms with van der Waals surface area (Å²) in [5.41, 5.74) is -0.761. The molecule has 11 heteroatoms. The van der Waals surface area contributed by atoms with Crippen LogP contribution in [0.1, 0.15) is 6.23 Å². The first-order valence-electron chi connectivity index (χ1n) is 5.63. The van der Waals surface area contributed by atoms with Crippen LogP contribution in [0.3, 0.4) is 0 Å². The van der Waals surface area contributed by atoms with Gasteiger partial charge in [0, 0.05) is 18.4 Å². The fourth-order valence-corrected chi connectivity index (χ4v) is 4.64. The molecule has 1 aromatic rings. The van der Waals surface area contributed by atoms with E-state index in [1.165, 1.54) is 6.20 Å². The monoisotopic (exact) mass is 337 g/mol. The topological polar surface area (TPSA) is 106 Å². The fourth-order valence-electron chi connectivity index (χ4n) is 2.24. The van der Waals surface area contributed by atoms with E-state index >= 15 is 0 Å². The van der Waals surface area contributed by atoms with Crippen LogP contribution in [0.5, 0.6) is 5.88 Å². The Morgan fingerprint density at radius 2 is 2.25 bits per heavy atom. The van der Waals surface area contributed by atoms with Crippen molar-refractivity contribution < 1.29 is 24.0 Å². The zero-order valence-corrected chi connectivity index (χ0v) is 12.5. The molecule has 5 atom stereocenters. The van der Waals surface area contributed by atoms with Gasteiger partial charge in [-0.3, -0.25) is 4.57 Å². The molecule has 3 heterocycles. The van der Waals surface area contributed by atoms with Gasteiger partial charge in [0.1, 0.15) is 6.10 Å². The first-order valence-corrected chi connectivity index (χ1v) is 9.42. The highest BCUT2D eigenvalue weighted by atomic mass is 33.1. The predicted octanol–water partition coefficient (Wildman–Crippen LogP) is -0.855. The van der Waals surface area contributed by atoms with E-state index in [1.54, 1.807) is 0 Å². The molecule has 1 N–H and O–H groups in total. The van der Waals surface area contributed by atoms with Crippen LogP contribution < -0.4 is 10.8 Å². The van der Waals surface area contributed by atoms with Gasteiger partial charge in [-0.15, -0.1) is 0 Å². The minimum Gasteiger partial charge on any atom is -0.858 e. The number of fused-ring (bicyclic) bond motifs is 1. The van der Waals surface area contributed by atoms with Gasteiger partial charge < -0.3 is 27.2 Å². The molecule has 8 nitrogen and oxygen atoms in total. The van der Waals surface area contributed by atoms with Crippen molar-refractivity contribution in [2.45, 2.75) is 24.5 Å². The Hall–Kier alpha value is -0.350. The lowest BCUT2D eigenvalue weighted by atomic mass is 10.1. The lowest BCUT2D eigenvalue weighted by Gasteiger charge is -2.22. The Kier molecular flexibility index (Phi) is 3.74. The van der Waals surface area contributed by atoms with E-state index < -0.39 is 42.2 Å². The molecule has 2 saturated heterocycles. The lowest BCUT2D eigenvalue weighted by molar-refractivity contribution is -0.275. The summed E-state index contributed by atoms with van der Waals surface area (Å²) in [6.07, 6.45) is -4.27. The van der Waals surface area contributed by atoms with E-state index in [1.807, 2.05) is 0 Å². The van der Waals surface area contributed by atoms with Crippen LogP contribution in [-0.2, 0) is 26.0 Å². The second-order valence-electron chi connectivity index (χ2n) is 4.31. The Labute approximate surface area is 124 Å². The third-order valence-corrected chi connectivity index (χ3v) is 5.16. The largest absolute Gasteiger partial charge is 0.858 e. The molecular formula is C9H10N2O6PS2-. The molecule has 3 rings (SSSR count). The SMILES string of the molecule is O=c1nc([O-])ccn1[C@@H]1O[C@H](CO)[C@H]2O[P+]([S-])(S)O[C@H]21. The number of nitrogens with zero attached hydrogens (tertiary/aromatic N) is 2. The molecule has 0 aromatic carbocycles. The van der Waals surface area contributed by atoms with E-state index in [2.05, 4.69) is 17.2 Å². The molecule has 1 unspecified atom stereocenters. The van der Waals surface area contributed by atoms with Crippen LogP contribution in [0, 0.1) is 0 Å².